The minimum absolute atomic E-state index is 0.0000256. The van der Waals surface area contributed by atoms with Gasteiger partial charge in [0, 0.05) is 30.7 Å². The molecule has 0 saturated carbocycles. The van der Waals surface area contributed by atoms with Crippen molar-refractivity contribution in [2.24, 2.45) is 4.99 Å². The second-order valence-electron chi connectivity index (χ2n) is 5.54. The smallest absolute Gasteiger partial charge is 0.241 e. The SMILES string of the molecule is CCCCNC(=NCc1cc(Br)ccc1OC)NCC(=O)N(C)C. The molecule has 1 rings (SSSR count). The molecule has 0 fully saturated rings. The Hall–Kier alpha value is -1.76. The molecule has 0 unspecified atom stereocenters. The fraction of sp³-hybridized carbons (Fsp3) is 0.529. The number of nitrogens with one attached hydrogen (secondary N) is 2. The average molecular weight is 399 g/mol. The van der Waals surface area contributed by atoms with Crippen LogP contribution in [-0.4, -0.2) is 51.1 Å². The molecule has 1 aromatic carbocycles. The van der Waals surface area contributed by atoms with Gasteiger partial charge in [-0.2, -0.15) is 0 Å². The van der Waals surface area contributed by atoms with Gasteiger partial charge >= 0.3 is 0 Å². The lowest BCUT2D eigenvalue weighted by molar-refractivity contribution is -0.127. The summed E-state index contributed by atoms with van der Waals surface area (Å²) in [4.78, 5) is 17.9. The van der Waals surface area contributed by atoms with Crippen molar-refractivity contribution in [2.75, 3.05) is 34.3 Å². The quantitative estimate of drug-likeness (QED) is 0.400. The van der Waals surface area contributed by atoms with E-state index < -0.39 is 0 Å². The van der Waals surface area contributed by atoms with E-state index in [4.69, 9.17) is 4.74 Å². The molecule has 0 atom stereocenters. The number of aliphatic imine (C=N–C) groups is 1. The van der Waals surface area contributed by atoms with Gasteiger partial charge in [0.2, 0.25) is 5.91 Å². The molecule has 0 aliphatic carbocycles. The van der Waals surface area contributed by atoms with Crippen molar-refractivity contribution in [3.63, 3.8) is 0 Å². The van der Waals surface area contributed by atoms with Crippen molar-refractivity contribution in [3.05, 3.63) is 28.2 Å². The van der Waals surface area contributed by atoms with Gasteiger partial charge in [0.05, 0.1) is 20.2 Å². The van der Waals surface area contributed by atoms with Crippen LogP contribution in [0.25, 0.3) is 0 Å². The predicted molar refractivity (Wildman–Crippen MR) is 101 cm³/mol. The molecule has 134 valence electrons. The number of carbonyl (C=O) groups excluding carboxylic acids is 1. The number of likely N-dealkylation sites (N-methyl/N-ethyl adjacent to an activating group) is 1. The van der Waals surface area contributed by atoms with Crippen molar-refractivity contribution in [2.45, 2.75) is 26.3 Å². The number of unbranched alkanes of at least 4 members (excludes halogenated alkanes) is 1. The largest absolute Gasteiger partial charge is 0.496 e. The third-order valence-corrected chi connectivity index (χ3v) is 3.87. The number of nitrogens with zero attached hydrogens (tertiary/aromatic N) is 2. The van der Waals surface area contributed by atoms with E-state index in [1.165, 1.54) is 0 Å². The molecule has 6 nitrogen and oxygen atoms in total. The van der Waals surface area contributed by atoms with Crippen molar-refractivity contribution in [3.8, 4) is 5.75 Å². The van der Waals surface area contributed by atoms with Gasteiger partial charge < -0.3 is 20.3 Å². The second-order valence-corrected chi connectivity index (χ2v) is 6.46. The summed E-state index contributed by atoms with van der Waals surface area (Å²) in [6, 6.07) is 5.82. The lowest BCUT2D eigenvalue weighted by Crippen LogP contribution is -2.43. The van der Waals surface area contributed by atoms with Gasteiger partial charge in [-0.25, -0.2) is 4.99 Å². The zero-order chi connectivity index (χ0) is 17.9. The number of amides is 1. The summed E-state index contributed by atoms with van der Waals surface area (Å²) >= 11 is 3.46. The van der Waals surface area contributed by atoms with Crippen LogP contribution < -0.4 is 15.4 Å². The van der Waals surface area contributed by atoms with Crippen molar-refractivity contribution in [1.82, 2.24) is 15.5 Å². The number of guanidine groups is 1. The minimum Gasteiger partial charge on any atom is -0.496 e. The lowest BCUT2D eigenvalue weighted by atomic mass is 10.2. The molecule has 0 aliphatic rings. The molecule has 0 spiro atoms. The first-order valence-electron chi connectivity index (χ1n) is 8.02. The molecule has 0 heterocycles. The molecule has 7 heteroatoms. The van der Waals surface area contributed by atoms with Crippen LogP contribution in [0.5, 0.6) is 5.75 Å². The van der Waals surface area contributed by atoms with Gasteiger partial charge in [-0.15, -0.1) is 0 Å². The lowest BCUT2D eigenvalue weighted by Gasteiger charge is -2.15. The van der Waals surface area contributed by atoms with E-state index >= 15 is 0 Å². The Balaban J connectivity index is 2.79. The highest BCUT2D eigenvalue weighted by Crippen LogP contribution is 2.23. The van der Waals surface area contributed by atoms with Crippen LogP contribution in [0.2, 0.25) is 0 Å². The first-order chi connectivity index (χ1) is 11.5. The fourth-order valence-corrected chi connectivity index (χ4v) is 2.32. The predicted octanol–water partition coefficient (Wildman–Crippen LogP) is 2.38. The third-order valence-electron chi connectivity index (χ3n) is 3.38. The number of methoxy groups -OCH3 is 1. The van der Waals surface area contributed by atoms with Gasteiger partial charge in [0.1, 0.15) is 5.75 Å². The Morgan fingerprint density at radius 1 is 1.33 bits per heavy atom. The van der Waals surface area contributed by atoms with Crippen LogP contribution >= 0.6 is 15.9 Å². The van der Waals surface area contributed by atoms with Gasteiger partial charge in [-0.3, -0.25) is 4.79 Å². The Labute approximate surface area is 152 Å². The molecule has 1 aromatic rings. The first-order valence-corrected chi connectivity index (χ1v) is 8.82. The monoisotopic (exact) mass is 398 g/mol. The highest BCUT2D eigenvalue weighted by Gasteiger charge is 2.07. The van der Waals surface area contributed by atoms with Crippen molar-refractivity contribution >= 4 is 27.8 Å². The maximum Gasteiger partial charge on any atom is 0.241 e. The van der Waals surface area contributed by atoms with Crippen LogP contribution in [0.1, 0.15) is 25.3 Å². The van der Waals surface area contributed by atoms with Crippen LogP contribution in [0.4, 0.5) is 0 Å². The summed E-state index contributed by atoms with van der Waals surface area (Å²) in [5.74, 6) is 1.42. The van der Waals surface area contributed by atoms with Crippen LogP contribution in [0.3, 0.4) is 0 Å². The van der Waals surface area contributed by atoms with Gasteiger partial charge in [0.15, 0.2) is 5.96 Å². The number of ether oxygens (including phenoxy) is 1. The normalized spacial score (nSPS) is 11.1. The topological polar surface area (TPSA) is 66.0 Å². The Morgan fingerprint density at radius 2 is 2.08 bits per heavy atom. The zero-order valence-corrected chi connectivity index (χ0v) is 16.4. The Bertz CT molecular complexity index is 562. The van der Waals surface area contributed by atoms with Crippen molar-refractivity contribution < 1.29 is 9.53 Å². The van der Waals surface area contributed by atoms with E-state index in [1.54, 1.807) is 26.1 Å². The fourth-order valence-electron chi connectivity index (χ4n) is 1.91. The average Bonchev–Trinajstić information content (AvgIpc) is 2.56. The summed E-state index contributed by atoms with van der Waals surface area (Å²) in [5.41, 5.74) is 0.974. The number of halogens is 1. The van der Waals surface area contributed by atoms with E-state index in [-0.39, 0.29) is 12.5 Å². The van der Waals surface area contributed by atoms with Gasteiger partial charge in [-0.1, -0.05) is 29.3 Å². The molecule has 0 aromatic heterocycles. The molecule has 0 saturated heterocycles. The minimum atomic E-state index is 0.0000256. The maximum atomic E-state index is 11.8. The van der Waals surface area contributed by atoms with E-state index in [2.05, 4.69) is 38.5 Å². The van der Waals surface area contributed by atoms with E-state index in [9.17, 15) is 4.79 Å². The maximum absolute atomic E-state index is 11.8. The third kappa shape index (κ3) is 7.21. The van der Waals surface area contributed by atoms with E-state index in [0.717, 1.165) is 35.2 Å². The molecule has 0 bridgehead atoms. The molecule has 1 amide bonds. The summed E-state index contributed by atoms with van der Waals surface area (Å²) in [6.45, 7) is 3.61. The Morgan fingerprint density at radius 3 is 2.71 bits per heavy atom. The molecule has 0 radical (unpaired) electrons. The second kappa shape index (κ2) is 10.9. The number of carbonyl (C=O) groups is 1. The summed E-state index contributed by atoms with van der Waals surface area (Å²) < 4.78 is 6.35. The summed E-state index contributed by atoms with van der Waals surface area (Å²) in [5, 5.41) is 6.33. The number of benzene rings is 1. The van der Waals surface area contributed by atoms with Gasteiger partial charge in [0.25, 0.3) is 0 Å². The highest BCUT2D eigenvalue weighted by molar-refractivity contribution is 9.10. The van der Waals surface area contributed by atoms with E-state index in [1.807, 2.05) is 18.2 Å². The zero-order valence-electron chi connectivity index (χ0n) is 14.9. The van der Waals surface area contributed by atoms with Crippen LogP contribution in [0.15, 0.2) is 27.7 Å². The molecule has 24 heavy (non-hydrogen) atoms. The summed E-state index contributed by atoms with van der Waals surface area (Å²) in [6.07, 6.45) is 2.14. The number of rotatable bonds is 8. The molecular weight excluding hydrogens is 372 g/mol. The van der Waals surface area contributed by atoms with Crippen molar-refractivity contribution in [1.29, 1.82) is 0 Å². The number of hydrogen-bond donors (Lipinski definition) is 2. The van der Waals surface area contributed by atoms with E-state index in [0.29, 0.717) is 12.5 Å². The molecular formula is C17H27BrN4O2. The van der Waals surface area contributed by atoms with Crippen LogP contribution in [-0.2, 0) is 11.3 Å². The van der Waals surface area contributed by atoms with Crippen LogP contribution in [0, 0.1) is 0 Å². The number of hydrogen-bond acceptors (Lipinski definition) is 3. The standard InChI is InChI=1S/C17H27BrN4O2/c1-5-6-9-19-17(21-12-16(23)22(2)3)20-11-13-10-14(18)7-8-15(13)24-4/h7-8,10H,5-6,9,11-12H2,1-4H3,(H2,19,20,21). The highest BCUT2D eigenvalue weighted by atomic mass is 79.9. The first kappa shape index (κ1) is 20.3. The van der Waals surface area contributed by atoms with Gasteiger partial charge in [-0.05, 0) is 24.6 Å². The molecule has 0 aliphatic heterocycles. The molecule has 2 N–H and O–H groups in total. The summed E-state index contributed by atoms with van der Waals surface area (Å²) in [7, 11) is 5.11. The Kier molecular flexibility index (Phi) is 9.22.